The Kier molecular flexibility index (Phi) is 1.39. The third-order valence-corrected chi connectivity index (χ3v) is 7.16. The molecule has 2 nitrogen and oxygen atoms in total. The summed E-state index contributed by atoms with van der Waals surface area (Å²) >= 11 is 0. The van der Waals surface area contributed by atoms with Crippen molar-refractivity contribution in [2.75, 3.05) is 0 Å². The fourth-order valence-corrected chi connectivity index (χ4v) is 6.66. The molecule has 2 heteroatoms. The number of allylic oxidation sites excluding steroid dienone is 3. The summed E-state index contributed by atoms with van der Waals surface area (Å²) in [7, 11) is 0. The average Bonchev–Trinajstić information content (AvgIpc) is 3.03. The van der Waals surface area contributed by atoms with Crippen LogP contribution in [0.3, 0.4) is 0 Å². The van der Waals surface area contributed by atoms with Gasteiger partial charge < -0.3 is 11.5 Å². The van der Waals surface area contributed by atoms with Crippen molar-refractivity contribution in [3.8, 4) is 0 Å². The molecule has 0 aliphatic heterocycles. The normalized spacial score (nSPS) is 58.5. The topological polar surface area (TPSA) is 52.0 Å². The van der Waals surface area contributed by atoms with E-state index in [4.69, 9.17) is 11.5 Å². The molecule has 0 spiro atoms. The molecule has 0 heterocycles. The zero-order valence-electron chi connectivity index (χ0n) is 11.2. The second-order valence-corrected chi connectivity index (χ2v) is 7.45. The van der Waals surface area contributed by atoms with E-state index in [0.717, 1.165) is 0 Å². The minimum absolute atomic E-state index is 0.0324. The van der Waals surface area contributed by atoms with E-state index >= 15 is 0 Å². The highest BCUT2D eigenvalue weighted by Gasteiger charge is 2.90. The molecule has 1 aromatic carbocycles. The molecule has 6 rings (SSSR count). The molecule has 1 aromatic rings. The van der Waals surface area contributed by atoms with E-state index in [0.29, 0.717) is 35.5 Å². The summed E-state index contributed by atoms with van der Waals surface area (Å²) in [4.78, 5) is 0. The zero-order chi connectivity index (χ0) is 13.3. The maximum atomic E-state index is 6.94. The molecular weight excluding hydrogens is 244 g/mol. The average molecular weight is 262 g/mol. The van der Waals surface area contributed by atoms with Crippen LogP contribution in [0.15, 0.2) is 48.6 Å². The summed E-state index contributed by atoms with van der Waals surface area (Å²) in [6.07, 6.45) is 9.11. The zero-order valence-corrected chi connectivity index (χ0v) is 11.2. The van der Waals surface area contributed by atoms with Crippen molar-refractivity contribution >= 4 is 0 Å². The van der Waals surface area contributed by atoms with E-state index in [-0.39, 0.29) is 11.1 Å². The molecule has 5 aliphatic carbocycles. The fraction of sp³-hybridized carbons (Fsp3) is 0.444. The Hall–Kier alpha value is -1.38. The van der Waals surface area contributed by atoms with Crippen molar-refractivity contribution in [2.45, 2.75) is 17.0 Å². The van der Waals surface area contributed by atoms with Gasteiger partial charge in [-0.1, -0.05) is 48.6 Å². The van der Waals surface area contributed by atoms with Gasteiger partial charge in [0.05, 0.1) is 5.54 Å². The predicted octanol–water partition coefficient (Wildman–Crippen LogP) is 1.88. The molecular formula is C18H18N2. The van der Waals surface area contributed by atoms with E-state index in [1.807, 2.05) is 0 Å². The highest BCUT2D eigenvalue weighted by molar-refractivity contribution is 5.59. The van der Waals surface area contributed by atoms with Crippen LogP contribution in [-0.2, 0) is 5.54 Å². The summed E-state index contributed by atoms with van der Waals surface area (Å²) in [6, 6.07) is 8.86. The van der Waals surface area contributed by atoms with Crippen LogP contribution < -0.4 is 11.5 Å². The highest BCUT2D eigenvalue weighted by Crippen LogP contribution is 2.86. The standard InChI is InChI=1S/C18H18N2/c19-17-11-7-3-1-5-9(11)13-10-6-2-4-8-12(10)18(20)15(14(13)17)16(17)18/h1-8,10,12-16H,19-20H2. The monoisotopic (exact) mass is 262 g/mol. The number of fused-ring (bicyclic) bond motifs is 8. The Bertz CT molecular complexity index is 720. The molecule has 3 fully saturated rings. The first-order valence-electron chi connectivity index (χ1n) is 7.72. The van der Waals surface area contributed by atoms with Gasteiger partial charge in [-0.15, -0.1) is 0 Å². The van der Waals surface area contributed by atoms with Gasteiger partial charge in [-0.3, -0.25) is 0 Å². The number of hydrogen-bond donors (Lipinski definition) is 2. The van der Waals surface area contributed by atoms with Crippen molar-refractivity contribution < 1.29 is 0 Å². The highest BCUT2D eigenvalue weighted by atomic mass is 15.1. The smallest absolute Gasteiger partial charge is 0.0500 e. The molecule has 5 aliphatic rings. The molecule has 0 bridgehead atoms. The first kappa shape index (κ1) is 10.4. The minimum atomic E-state index is -0.139. The Morgan fingerprint density at radius 3 is 2.65 bits per heavy atom. The maximum Gasteiger partial charge on any atom is 0.0500 e. The van der Waals surface area contributed by atoms with Crippen molar-refractivity contribution in [1.82, 2.24) is 0 Å². The van der Waals surface area contributed by atoms with E-state index in [9.17, 15) is 0 Å². The second-order valence-electron chi connectivity index (χ2n) is 7.45. The van der Waals surface area contributed by atoms with Crippen LogP contribution in [-0.4, -0.2) is 5.54 Å². The van der Waals surface area contributed by atoms with E-state index in [1.54, 1.807) is 0 Å². The summed E-state index contributed by atoms with van der Waals surface area (Å²) in [5.74, 6) is 3.35. The van der Waals surface area contributed by atoms with Gasteiger partial charge in [0.2, 0.25) is 0 Å². The van der Waals surface area contributed by atoms with Crippen LogP contribution in [0.5, 0.6) is 0 Å². The summed E-state index contributed by atoms with van der Waals surface area (Å²) in [5.41, 5.74) is 16.5. The lowest BCUT2D eigenvalue weighted by atomic mass is 9.59. The third kappa shape index (κ3) is 0.728. The number of rotatable bonds is 0. The van der Waals surface area contributed by atoms with Crippen LogP contribution in [0.4, 0.5) is 0 Å². The Morgan fingerprint density at radius 1 is 0.950 bits per heavy atom. The molecule has 8 atom stereocenters. The van der Waals surface area contributed by atoms with Crippen molar-refractivity contribution in [3.63, 3.8) is 0 Å². The van der Waals surface area contributed by atoms with Crippen LogP contribution in [0.25, 0.3) is 0 Å². The van der Waals surface area contributed by atoms with Crippen LogP contribution in [0.1, 0.15) is 17.0 Å². The van der Waals surface area contributed by atoms with E-state index in [2.05, 4.69) is 48.6 Å². The van der Waals surface area contributed by atoms with Gasteiger partial charge in [0, 0.05) is 17.4 Å². The number of nitrogens with two attached hydrogens (primary N) is 2. The SMILES string of the molecule is NC12c3ccccc3C3C4C=CC=CC4C4(N)C(C31)C24. The van der Waals surface area contributed by atoms with Crippen LogP contribution in [0.2, 0.25) is 0 Å². The molecule has 20 heavy (non-hydrogen) atoms. The lowest BCUT2D eigenvalue weighted by Crippen LogP contribution is -2.53. The van der Waals surface area contributed by atoms with Gasteiger partial charge in [-0.05, 0) is 34.8 Å². The van der Waals surface area contributed by atoms with Gasteiger partial charge in [-0.2, -0.15) is 0 Å². The lowest BCUT2D eigenvalue weighted by Gasteiger charge is -2.46. The first-order chi connectivity index (χ1) is 9.70. The summed E-state index contributed by atoms with van der Waals surface area (Å²) < 4.78 is 0. The Balaban J connectivity index is 1.67. The van der Waals surface area contributed by atoms with Crippen molar-refractivity contribution in [2.24, 2.45) is 41.1 Å². The van der Waals surface area contributed by atoms with Crippen molar-refractivity contribution in [1.29, 1.82) is 0 Å². The molecule has 3 saturated carbocycles. The summed E-state index contributed by atoms with van der Waals surface area (Å²) in [6.45, 7) is 0. The molecule has 100 valence electrons. The molecule has 8 unspecified atom stereocenters. The third-order valence-electron chi connectivity index (χ3n) is 7.16. The maximum absolute atomic E-state index is 6.94. The molecule has 0 saturated heterocycles. The lowest BCUT2D eigenvalue weighted by molar-refractivity contribution is 0.0774. The molecule has 4 N–H and O–H groups in total. The van der Waals surface area contributed by atoms with E-state index in [1.165, 1.54) is 11.1 Å². The van der Waals surface area contributed by atoms with Gasteiger partial charge in [0.1, 0.15) is 0 Å². The largest absolute Gasteiger partial charge is 0.324 e. The van der Waals surface area contributed by atoms with Crippen LogP contribution in [0, 0.1) is 29.6 Å². The Labute approximate surface area is 118 Å². The quantitative estimate of drug-likeness (QED) is 0.701. The van der Waals surface area contributed by atoms with Gasteiger partial charge in [0.15, 0.2) is 0 Å². The van der Waals surface area contributed by atoms with Crippen molar-refractivity contribution in [3.05, 3.63) is 59.7 Å². The van der Waals surface area contributed by atoms with Gasteiger partial charge in [-0.25, -0.2) is 0 Å². The fourth-order valence-electron chi connectivity index (χ4n) is 6.66. The molecule has 0 amide bonds. The molecule has 0 radical (unpaired) electrons. The predicted molar refractivity (Wildman–Crippen MR) is 77.7 cm³/mol. The van der Waals surface area contributed by atoms with Gasteiger partial charge in [0.25, 0.3) is 0 Å². The minimum Gasteiger partial charge on any atom is -0.324 e. The number of hydrogen-bond acceptors (Lipinski definition) is 2. The van der Waals surface area contributed by atoms with Gasteiger partial charge >= 0.3 is 0 Å². The van der Waals surface area contributed by atoms with Crippen LogP contribution >= 0.6 is 0 Å². The Morgan fingerprint density at radius 2 is 1.75 bits per heavy atom. The summed E-state index contributed by atoms with van der Waals surface area (Å²) in [5, 5.41) is 0. The molecule has 0 aromatic heterocycles. The first-order valence-corrected chi connectivity index (χ1v) is 7.72. The second kappa shape index (κ2) is 2.68. The number of benzene rings is 1. The van der Waals surface area contributed by atoms with E-state index < -0.39 is 0 Å².